The fourth-order valence-corrected chi connectivity index (χ4v) is 1.89. The molecule has 1 rings (SSSR count). The summed E-state index contributed by atoms with van der Waals surface area (Å²) in [6, 6.07) is 2.89. The zero-order chi connectivity index (χ0) is 16.8. The number of ketones is 1. The highest BCUT2D eigenvalue weighted by Gasteiger charge is 2.22. The van der Waals surface area contributed by atoms with Crippen molar-refractivity contribution >= 4 is 11.7 Å². The number of carbonyl (C=O) groups excluding carboxylic acids is 2. The molecule has 1 aromatic carbocycles. The molecule has 122 valence electrons. The van der Waals surface area contributed by atoms with Gasteiger partial charge in [-0.1, -0.05) is 13.8 Å². The van der Waals surface area contributed by atoms with Crippen LogP contribution in [0, 0.1) is 11.6 Å². The molecule has 0 bridgehead atoms. The van der Waals surface area contributed by atoms with Gasteiger partial charge < -0.3 is 10.4 Å². The first-order valence-corrected chi connectivity index (χ1v) is 7.28. The first-order valence-electron chi connectivity index (χ1n) is 7.28. The van der Waals surface area contributed by atoms with Gasteiger partial charge in [0.2, 0.25) is 5.91 Å². The molecule has 0 aliphatic heterocycles. The fourth-order valence-electron chi connectivity index (χ4n) is 1.89. The Morgan fingerprint density at radius 3 is 2.32 bits per heavy atom. The smallest absolute Gasteiger partial charge is 0.220 e. The van der Waals surface area contributed by atoms with E-state index >= 15 is 0 Å². The third-order valence-electron chi connectivity index (χ3n) is 3.75. The van der Waals surface area contributed by atoms with Crippen molar-refractivity contribution in [1.29, 1.82) is 0 Å². The predicted octanol–water partition coefficient (Wildman–Crippen LogP) is 2.60. The zero-order valence-electron chi connectivity index (χ0n) is 12.8. The second-order valence-electron chi connectivity index (χ2n) is 5.26. The van der Waals surface area contributed by atoms with Gasteiger partial charge in [-0.3, -0.25) is 9.59 Å². The highest BCUT2D eigenvalue weighted by molar-refractivity contribution is 5.97. The van der Waals surface area contributed by atoms with Gasteiger partial charge in [0.25, 0.3) is 0 Å². The Hall–Kier alpha value is -1.82. The molecule has 0 radical (unpaired) electrons. The Kier molecular flexibility index (Phi) is 6.61. The van der Waals surface area contributed by atoms with Crippen LogP contribution in [0.2, 0.25) is 0 Å². The Morgan fingerprint density at radius 2 is 1.77 bits per heavy atom. The van der Waals surface area contributed by atoms with Crippen molar-refractivity contribution in [2.24, 2.45) is 0 Å². The van der Waals surface area contributed by atoms with E-state index in [0.717, 1.165) is 12.1 Å². The van der Waals surface area contributed by atoms with Crippen LogP contribution < -0.4 is 5.32 Å². The Morgan fingerprint density at radius 1 is 1.14 bits per heavy atom. The standard InChI is InChI=1S/C16H21F2NO3/c1-3-16(22,4-2)10-19-15(21)8-7-14(20)11-5-6-12(17)13(18)9-11/h5-6,9,22H,3-4,7-8,10H2,1-2H3,(H,19,21). The SMILES string of the molecule is CCC(O)(CC)CNC(=O)CCC(=O)c1ccc(F)c(F)c1. The molecule has 0 aliphatic rings. The number of benzene rings is 1. The number of halogens is 2. The van der Waals surface area contributed by atoms with Gasteiger partial charge in [-0.25, -0.2) is 8.78 Å². The lowest BCUT2D eigenvalue weighted by Gasteiger charge is -2.25. The van der Waals surface area contributed by atoms with Crippen molar-refractivity contribution in [2.45, 2.75) is 45.1 Å². The molecule has 0 aromatic heterocycles. The van der Waals surface area contributed by atoms with Crippen molar-refractivity contribution in [3.63, 3.8) is 0 Å². The third-order valence-corrected chi connectivity index (χ3v) is 3.75. The summed E-state index contributed by atoms with van der Waals surface area (Å²) in [5, 5.41) is 12.6. The number of aliphatic hydroxyl groups is 1. The van der Waals surface area contributed by atoms with Crippen LogP contribution in [0.25, 0.3) is 0 Å². The fraction of sp³-hybridized carbons (Fsp3) is 0.500. The molecule has 0 saturated heterocycles. The van der Waals surface area contributed by atoms with Crippen molar-refractivity contribution in [2.75, 3.05) is 6.54 Å². The lowest BCUT2D eigenvalue weighted by Crippen LogP contribution is -2.42. The van der Waals surface area contributed by atoms with Gasteiger partial charge in [0, 0.05) is 24.9 Å². The summed E-state index contributed by atoms with van der Waals surface area (Å²) in [6.45, 7) is 3.77. The highest BCUT2D eigenvalue weighted by Crippen LogP contribution is 2.14. The van der Waals surface area contributed by atoms with Gasteiger partial charge in [0.15, 0.2) is 17.4 Å². The predicted molar refractivity (Wildman–Crippen MR) is 78.5 cm³/mol. The van der Waals surface area contributed by atoms with Gasteiger partial charge in [-0.15, -0.1) is 0 Å². The number of nitrogens with one attached hydrogen (secondary N) is 1. The van der Waals surface area contributed by atoms with E-state index in [-0.39, 0.29) is 30.9 Å². The number of hydrogen-bond donors (Lipinski definition) is 2. The molecule has 2 N–H and O–H groups in total. The van der Waals surface area contributed by atoms with Crippen LogP contribution in [0.1, 0.15) is 49.9 Å². The van der Waals surface area contributed by atoms with Crippen LogP contribution in [0.3, 0.4) is 0 Å². The van der Waals surface area contributed by atoms with Crippen LogP contribution in [0.4, 0.5) is 8.78 Å². The molecule has 0 fully saturated rings. The minimum absolute atomic E-state index is 0.0327. The van der Waals surface area contributed by atoms with Crippen LogP contribution >= 0.6 is 0 Å². The average molecular weight is 313 g/mol. The lowest BCUT2D eigenvalue weighted by molar-refractivity contribution is -0.122. The summed E-state index contributed by atoms with van der Waals surface area (Å²) in [5.41, 5.74) is -0.912. The number of amides is 1. The second kappa shape index (κ2) is 7.98. The number of hydrogen-bond acceptors (Lipinski definition) is 3. The molecular weight excluding hydrogens is 292 g/mol. The number of rotatable bonds is 8. The summed E-state index contributed by atoms with van der Waals surface area (Å²) in [7, 11) is 0. The Labute approximate surface area is 128 Å². The molecule has 0 saturated carbocycles. The average Bonchev–Trinajstić information content (AvgIpc) is 2.52. The van der Waals surface area contributed by atoms with Crippen LogP contribution in [-0.2, 0) is 4.79 Å². The van der Waals surface area contributed by atoms with Crippen molar-refractivity contribution in [3.8, 4) is 0 Å². The third kappa shape index (κ3) is 5.18. The maximum atomic E-state index is 13.0. The summed E-state index contributed by atoms with van der Waals surface area (Å²) >= 11 is 0. The molecule has 0 unspecified atom stereocenters. The minimum Gasteiger partial charge on any atom is -0.388 e. The lowest BCUT2D eigenvalue weighted by atomic mass is 9.97. The molecule has 0 atom stereocenters. The summed E-state index contributed by atoms with van der Waals surface area (Å²) < 4.78 is 25.8. The van der Waals surface area contributed by atoms with E-state index in [1.807, 2.05) is 13.8 Å². The topological polar surface area (TPSA) is 66.4 Å². The monoisotopic (exact) mass is 313 g/mol. The summed E-state index contributed by atoms with van der Waals surface area (Å²) in [4.78, 5) is 23.5. The highest BCUT2D eigenvalue weighted by atomic mass is 19.2. The minimum atomic E-state index is -1.09. The van der Waals surface area contributed by atoms with E-state index in [9.17, 15) is 23.5 Å². The van der Waals surface area contributed by atoms with Gasteiger partial charge in [-0.05, 0) is 31.0 Å². The zero-order valence-corrected chi connectivity index (χ0v) is 12.8. The molecule has 4 nitrogen and oxygen atoms in total. The molecule has 1 amide bonds. The molecule has 0 aliphatic carbocycles. The van der Waals surface area contributed by atoms with Crippen LogP contribution in [-0.4, -0.2) is 28.9 Å². The first kappa shape index (κ1) is 18.2. The molecule has 1 aromatic rings. The van der Waals surface area contributed by atoms with Gasteiger partial charge in [-0.2, -0.15) is 0 Å². The Bertz CT molecular complexity index is 542. The number of Topliss-reactive ketones (excluding diaryl/α,β-unsaturated/α-hetero) is 1. The van der Waals surface area contributed by atoms with Gasteiger partial charge in [0.1, 0.15) is 0 Å². The van der Waals surface area contributed by atoms with Crippen molar-refractivity contribution in [3.05, 3.63) is 35.4 Å². The van der Waals surface area contributed by atoms with E-state index < -0.39 is 23.0 Å². The van der Waals surface area contributed by atoms with Crippen LogP contribution in [0.15, 0.2) is 18.2 Å². The van der Waals surface area contributed by atoms with Crippen molar-refractivity contribution in [1.82, 2.24) is 5.32 Å². The second-order valence-corrected chi connectivity index (χ2v) is 5.26. The molecule has 22 heavy (non-hydrogen) atoms. The Balaban J connectivity index is 2.46. The molecular formula is C16H21F2NO3. The summed E-state index contributed by atoms with van der Waals surface area (Å²) in [5.74, 6) is -2.91. The molecule has 0 heterocycles. The first-order chi connectivity index (χ1) is 10.3. The quantitative estimate of drug-likeness (QED) is 0.725. The largest absolute Gasteiger partial charge is 0.388 e. The van der Waals surface area contributed by atoms with Crippen LogP contribution in [0.5, 0.6) is 0 Å². The van der Waals surface area contributed by atoms with Gasteiger partial charge >= 0.3 is 0 Å². The maximum absolute atomic E-state index is 13.0. The van der Waals surface area contributed by atoms with E-state index in [1.165, 1.54) is 6.07 Å². The normalized spacial score (nSPS) is 11.3. The maximum Gasteiger partial charge on any atom is 0.220 e. The van der Waals surface area contributed by atoms with E-state index in [2.05, 4.69) is 5.32 Å². The van der Waals surface area contributed by atoms with E-state index in [1.54, 1.807) is 0 Å². The van der Waals surface area contributed by atoms with Crippen molar-refractivity contribution < 1.29 is 23.5 Å². The van der Waals surface area contributed by atoms with Gasteiger partial charge in [0.05, 0.1) is 5.60 Å². The summed E-state index contributed by atoms with van der Waals surface area (Å²) in [6.07, 6.45) is 0.851. The number of carbonyl (C=O) groups is 2. The van der Waals surface area contributed by atoms with E-state index in [0.29, 0.717) is 12.8 Å². The van der Waals surface area contributed by atoms with E-state index in [4.69, 9.17) is 0 Å². The molecule has 6 heteroatoms. The molecule has 0 spiro atoms.